The van der Waals surface area contributed by atoms with Crippen LogP contribution in [0.25, 0.3) is 16.9 Å². The molecule has 4 aliphatic rings. The molecular formula is C30H33FN6O2S. The Labute approximate surface area is 236 Å². The van der Waals surface area contributed by atoms with Crippen LogP contribution in [0, 0.1) is 34.9 Å². The van der Waals surface area contributed by atoms with Crippen LogP contribution in [0.1, 0.15) is 38.5 Å². The second-order valence-corrected chi connectivity index (χ2v) is 13.0. The van der Waals surface area contributed by atoms with Crippen molar-refractivity contribution in [1.29, 1.82) is 5.26 Å². The monoisotopic (exact) mass is 560 g/mol. The van der Waals surface area contributed by atoms with Gasteiger partial charge in [-0.15, -0.1) is 0 Å². The second-order valence-electron chi connectivity index (χ2n) is 11.3. The first-order valence-corrected chi connectivity index (χ1v) is 15.5. The zero-order valence-electron chi connectivity index (χ0n) is 22.3. The molecule has 1 saturated heterocycles. The summed E-state index contributed by atoms with van der Waals surface area (Å²) < 4.78 is 26.1. The highest BCUT2D eigenvalue weighted by atomic mass is 32.2. The van der Waals surface area contributed by atoms with Gasteiger partial charge in [0.25, 0.3) is 0 Å². The van der Waals surface area contributed by atoms with Crippen LogP contribution in [-0.2, 0) is 15.6 Å². The van der Waals surface area contributed by atoms with E-state index in [-0.39, 0.29) is 17.6 Å². The van der Waals surface area contributed by atoms with Crippen molar-refractivity contribution < 1.29 is 13.4 Å². The Morgan fingerprint density at radius 1 is 1.02 bits per heavy atom. The molecule has 8 nitrogen and oxygen atoms in total. The van der Waals surface area contributed by atoms with Gasteiger partial charge in [0.2, 0.25) is 5.91 Å². The van der Waals surface area contributed by atoms with Crippen LogP contribution in [0.5, 0.6) is 0 Å². The Balaban J connectivity index is 0.000000164. The van der Waals surface area contributed by atoms with Crippen molar-refractivity contribution in [2.45, 2.75) is 44.1 Å². The molecule has 1 aliphatic heterocycles. The van der Waals surface area contributed by atoms with E-state index in [1.165, 1.54) is 25.1 Å². The van der Waals surface area contributed by atoms with Crippen molar-refractivity contribution in [3.05, 3.63) is 60.8 Å². The summed E-state index contributed by atoms with van der Waals surface area (Å²) in [6.45, 7) is 1.67. The number of carbonyl (C=O) groups is 1. The number of rotatable bonds is 5. The summed E-state index contributed by atoms with van der Waals surface area (Å²) in [7, 11) is -0.668. The molecule has 1 amide bonds. The SMILES string of the molecule is N#CC1(NC(=O)C2CCC3CC3C2)CC1.O=S1CCN(c2ccc(-c3cnn(-c4ccc(F)cn4)c3)cc2)CC1. The Hall–Kier alpha value is -3.58. The van der Waals surface area contributed by atoms with Crippen molar-refractivity contribution in [1.82, 2.24) is 20.1 Å². The third-order valence-electron chi connectivity index (χ3n) is 8.51. The molecular weight excluding hydrogens is 527 g/mol. The van der Waals surface area contributed by atoms with Gasteiger partial charge in [-0.05, 0) is 80.2 Å². The third kappa shape index (κ3) is 6.09. The van der Waals surface area contributed by atoms with Crippen molar-refractivity contribution in [3.63, 3.8) is 0 Å². The molecule has 208 valence electrons. The average molecular weight is 561 g/mol. The van der Waals surface area contributed by atoms with Crippen LogP contribution in [0.2, 0.25) is 0 Å². The smallest absolute Gasteiger partial charge is 0.224 e. The first-order chi connectivity index (χ1) is 19.4. The molecule has 2 aromatic heterocycles. The van der Waals surface area contributed by atoms with Gasteiger partial charge in [-0.25, -0.2) is 14.1 Å². The van der Waals surface area contributed by atoms with Gasteiger partial charge in [-0.3, -0.25) is 9.00 Å². The number of anilines is 1. The summed E-state index contributed by atoms with van der Waals surface area (Å²) in [5.41, 5.74) is 2.69. The number of carbonyl (C=O) groups excluding carboxylic acids is 1. The zero-order chi connectivity index (χ0) is 27.7. The Bertz CT molecular complexity index is 1420. The highest BCUT2D eigenvalue weighted by molar-refractivity contribution is 7.85. The zero-order valence-corrected chi connectivity index (χ0v) is 23.2. The summed E-state index contributed by atoms with van der Waals surface area (Å²) in [4.78, 5) is 18.2. The maximum absolute atomic E-state index is 13.0. The van der Waals surface area contributed by atoms with E-state index in [0.29, 0.717) is 5.82 Å². The number of amides is 1. The Morgan fingerprint density at radius 3 is 2.45 bits per heavy atom. The lowest BCUT2D eigenvalue weighted by Gasteiger charge is -2.28. The molecule has 3 unspecified atom stereocenters. The summed E-state index contributed by atoms with van der Waals surface area (Å²) in [5.74, 6) is 3.77. The Kier molecular flexibility index (Phi) is 7.41. The minimum absolute atomic E-state index is 0.138. The minimum atomic E-state index is -0.668. The van der Waals surface area contributed by atoms with E-state index in [9.17, 15) is 13.4 Å². The number of nitrogens with one attached hydrogen (secondary N) is 1. The van der Waals surface area contributed by atoms with Crippen LogP contribution in [0.4, 0.5) is 10.1 Å². The molecule has 3 heterocycles. The number of hydrogen-bond donors (Lipinski definition) is 1. The predicted octanol–water partition coefficient (Wildman–Crippen LogP) is 4.24. The topological polar surface area (TPSA) is 104 Å². The maximum atomic E-state index is 13.0. The average Bonchev–Trinajstić information content (AvgIpc) is 3.89. The highest BCUT2D eigenvalue weighted by Gasteiger charge is 2.48. The lowest BCUT2D eigenvalue weighted by atomic mass is 9.88. The van der Waals surface area contributed by atoms with E-state index in [4.69, 9.17) is 5.26 Å². The molecule has 0 bridgehead atoms. The van der Waals surface area contributed by atoms with E-state index in [2.05, 4.69) is 50.6 Å². The number of nitrogens with zero attached hydrogens (tertiary/aromatic N) is 5. The summed E-state index contributed by atoms with van der Waals surface area (Å²) in [5, 5.41) is 16.1. The van der Waals surface area contributed by atoms with Crippen LogP contribution < -0.4 is 10.2 Å². The van der Waals surface area contributed by atoms with Crippen LogP contribution in [-0.4, -0.2) is 55.0 Å². The quantitative estimate of drug-likeness (QED) is 0.501. The van der Waals surface area contributed by atoms with Gasteiger partial charge in [0, 0.05) is 58.8 Å². The largest absolute Gasteiger partial charge is 0.370 e. The van der Waals surface area contributed by atoms with E-state index in [1.807, 2.05) is 6.20 Å². The van der Waals surface area contributed by atoms with Gasteiger partial charge in [-0.1, -0.05) is 12.1 Å². The number of benzene rings is 1. The van der Waals surface area contributed by atoms with E-state index in [1.54, 1.807) is 16.9 Å². The Morgan fingerprint density at radius 2 is 1.80 bits per heavy atom. The second kappa shape index (κ2) is 11.1. The molecule has 7 rings (SSSR count). The standard InChI is InChI=1S/C18H17FN4OS.C12H16N2O/c19-16-3-6-18(20-12-16)23-13-15(11-21-23)14-1-4-17(5-2-14)22-7-9-25(24)10-8-22;13-7-12(3-4-12)14-11(15)9-2-1-8-5-10(8)6-9/h1-6,11-13H,7-10H2;8-10H,1-6H2,(H,14,15). The molecule has 10 heteroatoms. The van der Waals surface area contributed by atoms with Crippen molar-refractivity contribution in [2.24, 2.45) is 17.8 Å². The third-order valence-corrected chi connectivity index (χ3v) is 9.79. The molecule has 3 saturated carbocycles. The molecule has 3 aliphatic carbocycles. The van der Waals surface area contributed by atoms with Gasteiger partial charge in [0.15, 0.2) is 5.82 Å². The first kappa shape index (κ1) is 26.6. The van der Waals surface area contributed by atoms with E-state index >= 15 is 0 Å². The van der Waals surface area contributed by atoms with Crippen molar-refractivity contribution in [2.75, 3.05) is 29.5 Å². The predicted molar refractivity (Wildman–Crippen MR) is 152 cm³/mol. The number of nitriles is 1. The van der Waals surface area contributed by atoms with Gasteiger partial charge in [0.05, 0.1) is 18.5 Å². The first-order valence-electron chi connectivity index (χ1n) is 14.0. The number of fused-ring (bicyclic) bond motifs is 1. The van der Waals surface area contributed by atoms with Crippen LogP contribution in [0.3, 0.4) is 0 Å². The molecule has 0 radical (unpaired) electrons. The number of aromatic nitrogens is 3. The van der Waals surface area contributed by atoms with Crippen LogP contribution >= 0.6 is 0 Å². The molecule has 3 atom stereocenters. The molecule has 1 aromatic carbocycles. The van der Waals surface area contributed by atoms with Crippen molar-refractivity contribution in [3.8, 4) is 23.0 Å². The minimum Gasteiger partial charge on any atom is -0.370 e. The van der Waals surface area contributed by atoms with Crippen molar-refractivity contribution >= 4 is 22.4 Å². The van der Waals surface area contributed by atoms with Crippen LogP contribution in [0.15, 0.2) is 55.0 Å². The highest BCUT2D eigenvalue weighted by Crippen LogP contribution is 2.51. The van der Waals surface area contributed by atoms with E-state index in [0.717, 1.165) is 78.9 Å². The fraction of sp³-hybridized carbons (Fsp3) is 0.467. The normalized spacial score (nSPS) is 24.6. The summed E-state index contributed by atoms with van der Waals surface area (Å²) in [6, 6.07) is 13.4. The number of pyridine rings is 1. The number of hydrogen-bond acceptors (Lipinski definition) is 6. The number of halogens is 1. The van der Waals surface area contributed by atoms with Gasteiger partial charge < -0.3 is 10.2 Å². The lowest BCUT2D eigenvalue weighted by molar-refractivity contribution is -0.126. The van der Waals surface area contributed by atoms with Gasteiger partial charge in [0.1, 0.15) is 11.4 Å². The molecule has 1 N–H and O–H groups in total. The van der Waals surface area contributed by atoms with Gasteiger partial charge in [-0.2, -0.15) is 10.4 Å². The fourth-order valence-corrected chi connectivity index (χ4v) is 6.73. The molecule has 4 fully saturated rings. The molecule has 40 heavy (non-hydrogen) atoms. The van der Waals surface area contributed by atoms with Gasteiger partial charge >= 0.3 is 0 Å². The molecule has 3 aromatic rings. The maximum Gasteiger partial charge on any atom is 0.224 e. The summed E-state index contributed by atoms with van der Waals surface area (Å²) in [6.07, 6.45) is 11.2. The fourth-order valence-electron chi connectivity index (χ4n) is 5.68. The lowest BCUT2D eigenvalue weighted by Crippen LogP contribution is -2.40. The molecule has 0 spiro atoms. The van der Waals surface area contributed by atoms with E-state index < -0.39 is 16.3 Å². The summed E-state index contributed by atoms with van der Waals surface area (Å²) >= 11 is 0.